The third-order valence-corrected chi connectivity index (χ3v) is 3.79. The molecule has 0 spiro atoms. The van der Waals surface area contributed by atoms with E-state index in [2.05, 4.69) is 31.0 Å². The molecule has 2 atom stereocenters. The van der Waals surface area contributed by atoms with Gasteiger partial charge in [-0.05, 0) is 46.2 Å². The second kappa shape index (κ2) is 8.90. The molecule has 3 heteroatoms. The maximum atomic E-state index is 5.45. The van der Waals surface area contributed by atoms with Crippen molar-refractivity contribution in [3.05, 3.63) is 0 Å². The van der Waals surface area contributed by atoms with Crippen LogP contribution in [0.1, 0.15) is 46.5 Å². The van der Waals surface area contributed by atoms with Crippen LogP contribution in [0.25, 0.3) is 0 Å². The van der Waals surface area contributed by atoms with Crippen molar-refractivity contribution >= 4 is 0 Å². The van der Waals surface area contributed by atoms with Crippen LogP contribution in [-0.2, 0) is 4.74 Å². The Labute approximate surface area is 107 Å². The number of likely N-dealkylation sites (N-methyl/N-ethyl adjacent to an activating group) is 1. The number of ether oxygens (including phenoxy) is 1. The monoisotopic (exact) mass is 242 g/mol. The van der Waals surface area contributed by atoms with Crippen molar-refractivity contribution in [1.82, 2.24) is 10.2 Å². The quantitative estimate of drug-likeness (QED) is 0.661. The van der Waals surface area contributed by atoms with Crippen LogP contribution in [0.3, 0.4) is 0 Å². The summed E-state index contributed by atoms with van der Waals surface area (Å²) in [5, 5.41) is 3.64. The first-order valence-electron chi connectivity index (χ1n) is 7.33. The Morgan fingerprint density at radius 2 is 2.18 bits per heavy atom. The maximum Gasteiger partial charge on any atom is 0.0593 e. The van der Waals surface area contributed by atoms with Crippen LogP contribution in [-0.4, -0.2) is 49.8 Å². The molecule has 1 rings (SSSR count). The van der Waals surface area contributed by atoms with E-state index in [1.54, 1.807) is 0 Å². The number of piperidine rings is 1. The SMILES string of the molecule is CCOCCN(CC)C(C)CC1CCCCN1. The van der Waals surface area contributed by atoms with Gasteiger partial charge in [-0.15, -0.1) is 0 Å². The molecule has 0 amide bonds. The molecular formula is C14H30N2O. The summed E-state index contributed by atoms with van der Waals surface area (Å²) in [7, 11) is 0. The van der Waals surface area contributed by atoms with Crippen molar-refractivity contribution < 1.29 is 4.74 Å². The molecule has 17 heavy (non-hydrogen) atoms. The molecule has 102 valence electrons. The van der Waals surface area contributed by atoms with Crippen LogP contribution in [0.2, 0.25) is 0 Å². The average molecular weight is 242 g/mol. The van der Waals surface area contributed by atoms with Crippen LogP contribution in [0, 0.1) is 0 Å². The molecule has 0 saturated carbocycles. The summed E-state index contributed by atoms with van der Waals surface area (Å²) in [4.78, 5) is 2.53. The van der Waals surface area contributed by atoms with Gasteiger partial charge >= 0.3 is 0 Å². The lowest BCUT2D eigenvalue weighted by atomic mass is 9.98. The van der Waals surface area contributed by atoms with E-state index in [0.717, 1.165) is 32.3 Å². The Hall–Kier alpha value is -0.120. The first kappa shape index (κ1) is 14.9. The molecule has 0 aliphatic carbocycles. The smallest absolute Gasteiger partial charge is 0.0593 e. The Morgan fingerprint density at radius 1 is 1.35 bits per heavy atom. The van der Waals surface area contributed by atoms with Gasteiger partial charge in [0, 0.05) is 25.2 Å². The minimum atomic E-state index is 0.663. The highest BCUT2D eigenvalue weighted by Crippen LogP contribution is 2.14. The molecule has 0 radical (unpaired) electrons. The average Bonchev–Trinajstić information content (AvgIpc) is 2.36. The molecule has 0 aromatic heterocycles. The molecule has 3 nitrogen and oxygen atoms in total. The zero-order valence-electron chi connectivity index (χ0n) is 11.9. The molecule has 1 aliphatic rings. The van der Waals surface area contributed by atoms with Crippen molar-refractivity contribution in [3.8, 4) is 0 Å². The minimum Gasteiger partial charge on any atom is -0.380 e. The number of hydrogen-bond acceptors (Lipinski definition) is 3. The molecule has 1 fully saturated rings. The van der Waals surface area contributed by atoms with Crippen LogP contribution >= 0.6 is 0 Å². The van der Waals surface area contributed by atoms with Gasteiger partial charge in [-0.2, -0.15) is 0 Å². The van der Waals surface area contributed by atoms with Gasteiger partial charge in [0.15, 0.2) is 0 Å². The Morgan fingerprint density at radius 3 is 2.76 bits per heavy atom. The van der Waals surface area contributed by atoms with E-state index in [9.17, 15) is 0 Å². The lowest BCUT2D eigenvalue weighted by Crippen LogP contribution is -2.42. The third-order valence-electron chi connectivity index (χ3n) is 3.79. The van der Waals surface area contributed by atoms with E-state index in [-0.39, 0.29) is 0 Å². The summed E-state index contributed by atoms with van der Waals surface area (Å²) in [5.74, 6) is 0. The number of nitrogens with one attached hydrogen (secondary N) is 1. The predicted molar refractivity (Wildman–Crippen MR) is 73.5 cm³/mol. The highest BCUT2D eigenvalue weighted by atomic mass is 16.5. The van der Waals surface area contributed by atoms with E-state index >= 15 is 0 Å². The molecule has 0 aromatic rings. The minimum absolute atomic E-state index is 0.663. The number of hydrogen-bond donors (Lipinski definition) is 1. The van der Waals surface area contributed by atoms with Crippen LogP contribution in [0.15, 0.2) is 0 Å². The lowest BCUT2D eigenvalue weighted by Gasteiger charge is -2.32. The lowest BCUT2D eigenvalue weighted by molar-refractivity contribution is 0.0943. The van der Waals surface area contributed by atoms with Gasteiger partial charge in [0.05, 0.1) is 6.61 Å². The highest BCUT2D eigenvalue weighted by Gasteiger charge is 2.19. The van der Waals surface area contributed by atoms with E-state index < -0.39 is 0 Å². The largest absolute Gasteiger partial charge is 0.380 e. The van der Waals surface area contributed by atoms with Crippen molar-refractivity contribution in [2.24, 2.45) is 0 Å². The van der Waals surface area contributed by atoms with Crippen LogP contribution in [0.5, 0.6) is 0 Å². The Kier molecular flexibility index (Phi) is 7.82. The van der Waals surface area contributed by atoms with Crippen molar-refractivity contribution in [2.75, 3.05) is 32.8 Å². The van der Waals surface area contributed by atoms with Gasteiger partial charge in [-0.25, -0.2) is 0 Å². The zero-order chi connectivity index (χ0) is 12.5. The number of rotatable bonds is 8. The normalized spacial score (nSPS) is 22.9. The first-order chi connectivity index (χ1) is 8.27. The molecule has 1 N–H and O–H groups in total. The maximum absolute atomic E-state index is 5.45. The molecular weight excluding hydrogens is 212 g/mol. The van der Waals surface area contributed by atoms with Crippen LogP contribution in [0.4, 0.5) is 0 Å². The topological polar surface area (TPSA) is 24.5 Å². The molecule has 1 saturated heterocycles. The van der Waals surface area contributed by atoms with Gasteiger partial charge in [-0.1, -0.05) is 13.3 Å². The van der Waals surface area contributed by atoms with Crippen molar-refractivity contribution in [2.45, 2.75) is 58.5 Å². The van der Waals surface area contributed by atoms with Crippen LogP contribution < -0.4 is 5.32 Å². The summed E-state index contributed by atoms with van der Waals surface area (Å²) in [6.45, 7) is 11.8. The summed E-state index contributed by atoms with van der Waals surface area (Å²) < 4.78 is 5.45. The summed E-state index contributed by atoms with van der Waals surface area (Å²) in [6, 6.07) is 1.40. The van der Waals surface area contributed by atoms with Gasteiger partial charge in [0.1, 0.15) is 0 Å². The molecule has 2 unspecified atom stereocenters. The fraction of sp³-hybridized carbons (Fsp3) is 1.00. The fourth-order valence-electron chi connectivity index (χ4n) is 2.70. The third kappa shape index (κ3) is 5.84. The summed E-state index contributed by atoms with van der Waals surface area (Å²) >= 11 is 0. The summed E-state index contributed by atoms with van der Waals surface area (Å²) in [5.41, 5.74) is 0. The molecule has 1 heterocycles. The fourth-order valence-corrected chi connectivity index (χ4v) is 2.70. The summed E-state index contributed by atoms with van der Waals surface area (Å²) in [6.07, 6.45) is 5.38. The zero-order valence-corrected chi connectivity index (χ0v) is 11.9. The van der Waals surface area contributed by atoms with Gasteiger partial charge in [0.2, 0.25) is 0 Å². The first-order valence-corrected chi connectivity index (χ1v) is 7.33. The van der Waals surface area contributed by atoms with Gasteiger partial charge < -0.3 is 10.1 Å². The van der Waals surface area contributed by atoms with Gasteiger partial charge in [0.25, 0.3) is 0 Å². The van der Waals surface area contributed by atoms with E-state index in [1.807, 2.05) is 0 Å². The number of nitrogens with zero attached hydrogens (tertiary/aromatic N) is 1. The standard InChI is InChI=1S/C14H30N2O/c1-4-16(10-11-17-5-2)13(3)12-14-8-6-7-9-15-14/h13-15H,4-12H2,1-3H3. The van der Waals surface area contributed by atoms with E-state index in [4.69, 9.17) is 4.74 Å². The molecule has 0 bridgehead atoms. The second-order valence-corrected chi connectivity index (χ2v) is 5.06. The van der Waals surface area contributed by atoms with Gasteiger partial charge in [-0.3, -0.25) is 4.90 Å². The second-order valence-electron chi connectivity index (χ2n) is 5.06. The molecule has 1 aliphatic heterocycles. The Bertz CT molecular complexity index is 181. The van der Waals surface area contributed by atoms with E-state index in [0.29, 0.717) is 6.04 Å². The highest BCUT2D eigenvalue weighted by molar-refractivity contribution is 4.78. The van der Waals surface area contributed by atoms with Crippen molar-refractivity contribution in [1.29, 1.82) is 0 Å². The Balaban J connectivity index is 2.23. The van der Waals surface area contributed by atoms with Crippen molar-refractivity contribution in [3.63, 3.8) is 0 Å². The van der Waals surface area contributed by atoms with E-state index in [1.165, 1.54) is 32.2 Å². The molecule has 0 aromatic carbocycles. The predicted octanol–water partition coefficient (Wildman–Crippen LogP) is 2.27.